The SMILES string of the molecule is Cc1nn(C(C)C)c(C)c1CCC(C)O. The van der Waals surface area contributed by atoms with Crippen LogP contribution in [0.15, 0.2) is 0 Å². The number of aliphatic hydroxyl groups is 1. The lowest BCUT2D eigenvalue weighted by molar-refractivity contribution is 0.185. The van der Waals surface area contributed by atoms with Gasteiger partial charge in [-0.25, -0.2) is 0 Å². The second-order valence-corrected chi connectivity index (χ2v) is 4.58. The van der Waals surface area contributed by atoms with E-state index in [4.69, 9.17) is 0 Å². The maximum absolute atomic E-state index is 9.28. The van der Waals surface area contributed by atoms with Crippen molar-refractivity contribution in [1.29, 1.82) is 0 Å². The molecule has 1 aromatic rings. The highest BCUT2D eigenvalue weighted by atomic mass is 16.3. The third kappa shape index (κ3) is 2.81. The number of aromatic nitrogens is 2. The lowest BCUT2D eigenvalue weighted by Gasteiger charge is -2.09. The number of aryl methyl sites for hydroxylation is 1. The van der Waals surface area contributed by atoms with E-state index in [2.05, 4.69) is 30.6 Å². The molecule has 86 valence electrons. The van der Waals surface area contributed by atoms with Crippen molar-refractivity contribution in [3.63, 3.8) is 0 Å². The summed E-state index contributed by atoms with van der Waals surface area (Å²) in [6.07, 6.45) is 1.50. The van der Waals surface area contributed by atoms with Gasteiger partial charge in [0.15, 0.2) is 0 Å². The summed E-state index contributed by atoms with van der Waals surface area (Å²) in [5, 5.41) is 13.8. The highest BCUT2D eigenvalue weighted by Crippen LogP contribution is 2.19. The highest BCUT2D eigenvalue weighted by molar-refractivity contribution is 5.25. The molecule has 0 saturated heterocycles. The number of hydrogen-bond donors (Lipinski definition) is 1. The average molecular weight is 210 g/mol. The maximum atomic E-state index is 9.28. The van der Waals surface area contributed by atoms with Crippen molar-refractivity contribution >= 4 is 0 Å². The summed E-state index contributed by atoms with van der Waals surface area (Å²) in [4.78, 5) is 0. The Morgan fingerprint density at radius 3 is 2.27 bits per heavy atom. The maximum Gasteiger partial charge on any atom is 0.0628 e. The standard InChI is InChI=1S/C12H22N2O/c1-8(2)14-11(5)12(10(4)13-14)7-6-9(3)15/h8-9,15H,6-7H2,1-5H3. The molecule has 15 heavy (non-hydrogen) atoms. The molecular weight excluding hydrogens is 188 g/mol. The van der Waals surface area contributed by atoms with Crippen molar-refractivity contribution in [2.45, 2.75) is 59.6 Å². The molecule has 0 bridgehead atoms. The van der Waals surface area contributed by atoms with Crippen LogP contribution >= 0.6 is 0 Å². The van der Waals surface area contributed by atoms with Crippen molar-refractivity contribution in [2.75, 3.05) is 0 Å². The minimum Gasteiger partial charge on any atom is -0.393 e. The third-order valence-electron chi connectivity index (χ3n) is 2.78. The van der Waals surface area contributed by atoms with Gasteiger partial charge in [0.25, 0.3) is 0 Å². The first-order valence-corrected chi connectivity index (χ1v) is 5.66. The fourth-order valence-electron chi connectivity index (χ4n) is 1.91. The van der Waals surface area contributed by atoms with E-state index in [9.17, 15) is 5.11 Å². The molecule has 0 fully saturated rings. The second-order valence-electron chi connectivity index (χ2n) is 4.58. The third-order valence-corrected chi connectivity index (χ3v) is 2.78. The van der Waals surface area contributed by atoms with Crippen LogP contribution in [0, 0.1) is 13.8 Å². The summed E-state index contributed by atoms with van der Waals surface area (Å²) in [6.45, 7) is 10.3. The highest BCUT2D eigenvalue weighted by Gasteiger charge is 2.13. The zero-order valence-corrected chi connectivity index (χ0v) is 10.4. The molecule has 1 atom stereocenters. The van der Waals surface area contributed by atoms with Crippen molar-refractivity contribution in [3.8, 4) is 0 Å². The average Bonchev–Trinajstić information content (AvgIpc) is 2.39. The van der Waals surface area contributed by atoms with Crippen molar-refractivity contribution in [1.82, 2.24) is 9.78 Å². The number of hydrogen-bond acceptors (Lipinski definition) is 2. The molecule has 0 saturated carbocycles. The summed E-state index contributed by atoms with van der Waals surface area (Å²) < 4.78 is 2.06. The molecule has 1 heterocycles. The minimum absolute atomic E-state index is 0.230. The number of nitrogens with zero attached hydrogens (tertiary/aromatic N) is 2. The van der Waals surface area contributed by atoms with Crippen LogP contribution in [0.4, 0.5) is 0 Å². The van der Waals surface area contributed by atoms with E-state index in [0.717, 1.165) is 18.5 Å². The first-order valence-electron chi connectivity index (χ1n) is 5.66. The Bertz CT molecular complexity index is 327. The molecule has 0 radical (unpaired) electrons. The Labute approximate surface area is 92.1 Å². The lowest BCUT2D eigenvalue weighted by Crippen LogP contribution is -2.06. The Hall–Kier alpha value is -0.830. The van der Waals surface area contributed by atoms with Gasteiger partial charge in [-0.15, -0.1) is 0 Å². The Morgan fingerprint density at radius 1 is 1.27 bits per heavy atom. The van der Waals surface area contributed by atoms with Crippen molar-refractivity contribution in [2.24, 2.45) is 0 Å². The minimum atomic E-state index is -0.230. The van der Waals surface area contributed by atoms with E-state index in [1.165, 1.54) is 11.3 Å². The number of aliphatic hydroxyl groups excluding tert-OH is 1. The van der Waals surface area contributed by atoms with Gasteiger partial charge in [-0.3, -0.25) is 4.68 Å². The zero-order valence-electron chi connectivity index (χ0n) is 10.4. The molecule has 0 aliphatic carbocycles. The topological polar surface area (TPSA) is 38.0 Å². The molecule has 0 aliphatic rings. The van der Waals surface area contributed by atoms with Gasteiger partial charge in [-0.05, 0) is 53.0 Å². The first-order chi connectivity index (χ1) is 6.93. The fraction of sp³-hybridized carbons (Fsp3) is 0.750. The molecule has 1 aromatic heterocycles. The van der Waals surface area contributed by atoms with Crippen LogP contribution in [0.1, 0.15) is 50.2 Å². The quantitative estimate of drug-likeness (QED) is 0.828. The second kappa shape index (κ2) is 4.79. The van der Waals surface area contributed by atoms with Gasteiger partial charge in [-0.2, -0.15) is 5.10 Å². The van der Waals surface area contributed by atoms with E-state index in [-0.39, 0.29) is 6.10 Å². The van der Waals surface area contributed by atoms with Gasteiger partial charge in [0.2, 0.25) is 0 Å². The first kappa shape index (κ1) is 12.2. The van der Waals surface area contributed by atoms with E-state index >= 15 is 0 Å². The van der Waals surface area contributed by atoms with E-state index in [1.807, 2.05) is 13.8 Å². The van der Waals surface area contributed by atoms with Crippen LogP contribution in [0.25, 0.3) is 0 Å². The van der Waals surface area contributed by atoms with Crippen LogP contribution < -0.4 is 0 Å². The van der Waals surface area contributed by atoms with Gasteiger partial charge in [0.05, 0.1) is 11.8 Å². The van der Waals surface area contributed by atoms with Crippen LogP contribution in [0.3, 0.4) is 0 Å². The molecule has 0 aliphatic heterocycles. The normalized spacial score (nSPS) is 13.5. The van der Waals surface area contributed by atoms with E-state index in [0.29, 0.717) is 6.04 Å². The van der Waals surface area contributed by atoms with Crippen LogP contribution in [0.5, 0.6) is 0 Å². The van der Waals surface area contributed by atoms with Crippen LogP contribution in [0.2, 0.25) is 0 Å². The van der Waals surface area contributed by atoms with Crippen molar-refractivity contribution < 1.29 is 5.11 Å². The summed E-state index contributed by atoms with van der Waals surface area (Å²) >= 11 is 0. The predicted molar refractivity (Wildman–Crippen MR) is 62.1 cm³/mol. The van der Waals surface area contributed by atoms with Gasteiger partial charge in [0.1, 0.15) is 0 Å². The Kier molecular flexibility index (Phi) is 3.91. The zero-order chi connectivity index (χ0) is 11.6. The molecule has 0 spiro atoms. The summed E-state index contributed by atoms with van der Waals surface area (Å²) in [7, 11) is 0. The monoisotopic (exact) mass is 210 g/mol. The van der Waals surface area contributed by atoms with Crippen molar-refractivity contribution in [3.05, 3.63) is 17.0 Å². The fourth-order valence-corrected chi connectivity index (χ4v) is 1.91. The largest absolute Gasteiger partial charge is 0.393 e. The predicted octanol–water partition coefficient (Wildman–Crippen LogP) is 2.39. The molecule has 1 rings (SSSR count). The summed E-state index contributed by atoms with van der Waals surface area (Å²) in [5.74, 6) is 0. The van der Waals surface area contributed by atoms with Crippen LogP contribution in [-0.2, 0) is 6.42 Å². The van der Waals surface area contributed by atoms with Gasteiger partial charge in [-0.1, -0.05) is 0 Å². The van der Waals surface area contributed by atoms with E-state index in [1.54, 1.807) is 0 Å². The molecule has 3 heteroatoms. The Morgan fingerprint density at radius 2 is 1.87 bits per heavy atom. The van der Waals surface area contributed by atoms with E-state index < -0.39 is 0 Å². The van der Waals surface area contributed by atoms with Gasteiger partial charge < -0.3 is 5.11 Å². The number of rotatable bonds is 4. The Balaban J connectivity index is 2.88. The molecular formula is C12H22N2O. The molecule has 1 N–H and O–H groups in total. The molecule has 0 aromatic carbocycles. The summed E-state index contributed by atoms with van der Waals surface area (Å²) in [5.41, 5.74) is 3.63. The van der Waals surface area contributed by atoms with Gasteiger partial charge in [0, 0.05) is 11.7 Å². The summed E-state index contributed by atoms with van der Waals surface area (Å²) in [6, 6.07) is 0.406. The van der Waals surface area contributed by atoms with Crippen LogP contribution in [-0.4, -0.2) is 21.0 Å². The van der Waals surface area contributed by atoms with Gasteiger partial charge >= 0.3 is 0 Å². The molecule has 1 unspecified atom stereocenters. The molecule has 0 amide bonds. The molecule has 3 nitrogen and oxygen atoms in total. The lowest BCUT2D eigenvalue weighted by atomic mass is 10.1. The smallest absolute Gasteiger partial charge is 0.0628 e.